The Kier molecular flexibility index (Phi) is 5.98. The molecule has 0 spiro atoms. The number of benzene rings is 2. The summed E-state index contributed by atoms with van der Waals surface area (Å²) in [7, 11) is -11.2. The normalized spacial score (nSPS) is 14.7. The van der Waals surface area contributed by atoms with Gasteiger partial charge in [0.05, 0.1) is 0 Å². The second kappa shape index (κ2) is 7.31. The van der Waals surface area contributed by atoms with Gasteiger partial charge in [-0.15, -0.1) is 0 Å². The molecule has 158 valence electrons. The molecule has 0 saturated carbocycles. The molecule has 1 unspecified atom stereocenters. The zero-order valence-electron chi connectivity index (χ0n) is 17.1. The first-order valence-electron chi connectivity index (χ1n) is 8.96. The zero-order chi connectivity index (χ0) is 22.2. The third-order valence-electron chi connectivity index (χ3n) is 4.92. The van der Waals surface area contributed by atoms with Crippen molar-refractivity contribution < 1.29 is 25.9 Å². The van der Waals surface area contributed by atoms with Crippen molar-refractivity contribution in [3.63, 3.8) is 0 Å². The maximum atomic E-state index is 12.4. The van der Waals surface area contributed by atoms with Crippen molar-refractivity contribution in [2.75, 3.05) is 0 Å². The third-order valence-corrected chi connectivity index (χ3v) is 21.8. The van der Waals surface area contributed by atoms with E-state index in [1.807, 2.05) is 12.1 Å². The minimum atomic E-state index is -4.67. The molecule has 0 bridgehead atoms. The number of thiophene rings is 1. The molecule has 2 N–H and O–H groups in total. The predicted molar refractivity (Wildman–Crippen MR) is 127 cm³/mol. The topological polar surface area (TPSA) is 109 Å². The van der Waals surface area contributed by atoms with Crippen molar-refractivity contribution in [2.45, 2.75) is 34.5 Å². The van der Waals surface area contributed by atoms with Gasteiger partial charge in [-0.3, -0.25) is 0 Å². The van der Waals surface area contributed by atoms with E-state index in [0.29, 0.717) is 15.5 Å². The van der Waals surface area contributed by atoms with Gasteiger partial charge in [0.25, 0.3) is 0 Å². The fourth-order valence-electron chi connectivity index (χ4n) is 3.53. The summed E-state index contributed by atoms with van der Waals surface area (Å²) in [6, 6.07) is 8.59. The second-order valence-corrected chi connectivity index (χ2v) is 44.0. The van der Waals surface area contributed by atoms with Gasteiger partial charge in [0.15, 0.2) is 0 Å². The van der Waals surface area contributed by atoms with Crippen molar-refractivity contribution >= 4 is 92.9 Å². The summed E-state index contributed by atoms with van der Waals surface area (Å²) >= 11 is -5.37. The molecule has 0 saturated heterocycles. The Labute approximate surface area is 181 Å². The standard InChI is InChI=1S/C12H6O6S3.6CH3.2Sn/c13-20(14,15)11-7-3-5-9-8-4-1-2-6-10(8)19(12(9)11)21(16,17)18;;;;;;;;/h2-4,6-7H,(H-,13,14,15,16,17,18);6*1H3;;/p+1. The quantitative estimate of drug-likeness (QED) is 0.190. The van der Waals surface area contributed by atoms with Gasteiger partial charge in [-0.25, -0.2) is 0 Å². The predicted octanol–water partition coefficient (Wildman–Crippen LogP) is 3.73. The van der Waals surface area contributed by atoms with E-state index in [9.17, 15) is 25.9 Å². The average molecular weight is 671 g/mol. The van der Waals surface area contributed by atoms with E-state index in [1.165, 1.54) is 9.65 Å². The Morgan fingerprint density at radius 3 is 1.86 bits per heavy atom. The van der Waals surface area contributed by atoms with Gasteiger partial charge in [-0.1, -0.05) is 0 Å². The van der Waals surface area contributed by atoms with Crippen molar-refractivity contribution in [1.82, 2.24) is 0 Å². The molecule has 3 rings (SSSR count). The molecule has 0 aliphatic rings. The second-order valence-electron chi connectivity index (χ2n) is 9.20. The molecule has 11 heteroatoms. The van der Waals surface area contributed by atoms with Crippen LogP contribution in [0.15, 0.2) is 35.2 Å². The van der Waals surface area contributed by atoms with Crippen LogP contribution in [-0.4, -0.2) is 62.7 Å². The summed E-state index contributed by atoms with van der Waals surface area (Å²) in [6.45, 7) is 0. The monoisotopic (exact) mass is 673 g/mol. The van der Waals surface area contributed by atoms with Crippen LogP contribution >= 0.6 is 9.50 Å². The van der Waals surface area contributed by atoms with Gasteiger partial charge in [-0.05, 0) is 0 Å². The molecule has 0 aliphatic carbocycles. The Balaban J connectivity index is 2.78. The fraction of sp³-hybridized carbons (Fsp3) is 0.333. The van der Waals surface area contributed by atoms with Crippen LogP contribution in [0.5, 0.6) is 0 Å². The van der Waals surface area contributed by atoms with E-state index in [2.05, 4.69) is 29.6 Å². The van der Waals surface area contributed by atoms with Gasteiger partial charge < -0.3 is 0 Å². The van der Waals surface area contributed by atoms with Gasteiger partial charge >= 0.3 is 184 Å². The van der Waals surface area contributed by atoms with E-state index in [-0.39, 0.29) is 4.70 Å². The van der Waals surface area contributed by atoms with Crippen molar-refractivity contribution in [1.29, 1.82) is 0 Å². The molecule has 3 aromatic rings. The van der Waals surface area contributed by atoms with E-state index in [4.69, 9.17) is 0 Å². The number of hydrogen-bond acceptors (Lipinski definition) is 4. The summed E-state index contributed by atoms with van der Waals surface area (Å²) in [5, 5.41) is 1.26. The molecular weight excluding hydrogens is 646 g/mol. The average Bonchev–Trinajstić information content (AvgIpc) is 2.85. The Hall–Kier alpha value is 0.0774. The van der Waals surface area contributed by atoms with Crippen LogP contribution in [0, 0.1) is 0 Å². The van der Waals surface area contributed by atoms with Gasteiger partial charge in [0, 0.05) is 0 Å². The first-order valence-corrected chi connectivity index (χ1v) is 33.6. The van der Waals surface area contributed by atoms with Gasteiger partial charge in [-0.2, -0.15) is 0 Å². The summed E-state index contributed by atoms with van der Waals surface area (Å²) in [4.78, 5) is 12.8. The first kappa shape index (κ1) is 23.7. The molecule has 1 heterocycles. The van der Waals surface area contributed by atoms with Crippen LogP contribution in [0.1, 0.15) is 0 Å². The van der Waals surface area contributed by atoms with E-state index < -0.39 is 70.4 Å². The summed E-state index contributed by atoms with van der Waals surface area (Å²) in [5.74, 6) is 0. The maximum absolute atomic E-state index is 12.4. The van der Waals surface area contributed by atoms with E-state index in [0.717, 1.165) is 3.58 Å². The SMILES string of the molecule is [CH3][Sn]([CH3])([CH3])[c]1ccc2c(c1)c1[c]([Sn]([CH3])([CH3])[CH3])ccc(S(=O)(=O)O)c1[s+]2S(=O)(=O)O. The summed E-state index contributed by atoms with van der Waals surface area (Å²) < 4.78 is 71.5. The van der Waals surface area contributed by atoms with E-state index in [1.54, 1.807) is 12.1 Å². The molecule has 0 aliphatic heterocycles. The van der Waals surface area contributed by atoms with Gasteiger partial charge in [0.2, 0.25) is 0 Å². The van der Waals surface area contributed by atoms with Crippen molar-refractivity contribution in [3.05, 3.63) is 30.3 Å². The van der Waals surface area contributed by atoms with E-state index >= 15 is 0 Å². The molecule has 0 radical (unpaired) electrons. The van der Waals surface area contributed by atoms with Crippen LogP contribution in [0.2, 0.25) is 29.6 Å². The van der Waals surface area contributed by atoms with Crippen LogP contribution < -0.4 is 7.16 Å². The first-order chi connectivity index (χ1) is 12.9. The Morgan fingerprint density at radius 2 is 1.41 bits per heavy atom. The summed E-state index contributed by atoms with van der Waals surface area (Å²) in [5.41, 5.74) is 0. The molecule has 1 aromatic heterocycles. The molecule has 1 atom stereocenters. The zero-order valence-corrected chi connectivity index (χ0v) is 25.3. The third kappa shape index (κ3) is 4.37. The van der Waals surface area contributed by atoms with Crippen molar-refractivity contribution in [2.24, 2.45) is 0 Å². The molecule has 0 amide bonds. The van der Waals surface area contributed by atoms with Gasteiger partial charge in [0.1, 0.15) is 0 Å². The van der Waals surface area contributed by atoms with Crippen molar-refractivity contribution in [3.8, 4) is 0 Å². The number of fused-ring (bicyclic) bond motifs is 3. The number of hydrogen-bond donors (Lipinski definition) is 2. The minimum absolute atomic E-state index is 0.00961. The van der Waals surface area contributed by atoms with Crippen LogP contribution in [0.3, 0.4) is 0 Å². The Morgan fingerprint density at radius 1 is 0.828 bits per heavy atom. The fourth-order valence-corrected chi connectivity index (χ4v) is 17.1. The molecular formula is C18H25O6S3Sn2+. The number of rotatable bonds is 4. The van der Waals surface area contributed by atoms with Crippen LogP contribution in [0.4, 0.5) is 0 Å². The molecule has 0 fully saturated rings. The molecule has 2 aromatic carbocycles. The van der Waals surface area contributed by atoms with Crippen LogP contribution in [0.25, 0.3) is 20.2 Å². The molecule has 6 nitrogen and oxygen atoms in total. The Bertz CT molecular complexity index is 1360. The van der Waals surface area contributed by atoms with Crippen LogP contribution in [-0.2, 0) is 19.3 Å². The summed E-state index contributed by atoms with van der Waals surface area (Å²) in [6.07, 6.45) is 0. The molecule has 29 heavy (non-hydrogen) atoms.